The number of hydrogen-bond donors (Lipinski definition) is 2. The molecule has 0 saturated carbocycles. The van der Waals surface area contributed by atoms with E-state index in [9.17, 15) is 0 Å². The van der Waals surface area contributed by atoms with Gasteiger partial charge in [0.05, 0.1) is 11.6 Å². The van der Waals surface area contributed by atoms with Crippen molar-refractivity contribution in [1.82, 2.24) is 4.98 Å². The molecular formula is C9H13N3O2S. The van der Waals surface area contributed by atoms with Crippen molar-refractivity contribution in [3.05, 3.63) is 23.9 Å². The predicted octanol–water partition coefficient (Wildman–Crippen LogP) is 0.915. The Kier molecular flexibility index (Phi) is 4.92. The van der Waals surface area contributed by atoms with Gasteiger partial charge in [-0.1, -0.05) is 11.2 Å². The fourth-order valence-electron chi connectivity index (χ4n) is 0.919. The van der Waals surface area contributed by atoms with Crippen LogP contribution in [0.1, 0.15) is 5.69 Å². The molecule has 0 atom stereocenters. The lowest BCUT2D eigenvalue weighted by molar-refractivity contribution is 0.218. The average molecular weight is 227 g/mol. The van der Waals surface area contributed by atoms with Gasteiger partial charge >= 0.3 is 0 Å². The molecule has 1 heterocycles. The van der Waals surface area contributed by atoms with E-state index >= 15 is 0 Å². The van der Waals surface area contributed by atoms with Gasteiger partial charge in [0.2, 0.25) is 0 Å². The third kappa shape index (κ3) is 3.77. The molecule has 1 aromatic heterocycles. The number of ether oxygens (including phenoxy) is 1. The second-order valence-corrected chi connectivity index (χ2v) is 3.80. The van der Waals surface area contributed by atoms with Crippen LogP contribution in [0.15, 0.2) is 28.4 Å². The SMILES string of the molecule is COCCSc1cccc(C(N)=NO)n1. The van der Waals surface area contributed by atoms with Crippen LogP contribution in [0.2, 0.25) is 0 Å². The van der Waals surface area contributed by atoms with Gasteiger partial charge in [-0.15, -0.1) is 11.8 Å². The number of rotatable bonds is 5. The van der Waals surface area contributed by atoms with Crippen molar-refractivity contribution >= 4 is 17.6 Å². The van der Waals surface area contributed by atoms with E-state index in [4.69, 9.17) is 15.7 Å². The van der Waals surface area contributed by atoms with Gasteiger partial charge in [0.1, 0.15) is 5.69 Å². The smallest absolute Gasteiger partial charge is 0.188 e. The standard InChI is InChI=1S/C9H13N3O2S/c1-14-5-6-15-8-4-2-3-7(11-8)9(10)12-13/h2-4,13H,5-6H2,1H3,(H2,10,12). The van der Waals surface area contributed by atoms with Crippen molar-refractivity contribution in [2.24, 2.45) is 10.9 Å². The van der Waals surface area contributed by atoms with Gasteiger partial charge < -0.3 is 15.7 Å². The molecule has 1 aromatic rings. The molecule has 6 heteroatoms. The quantitative estimate of drug-likeness (QED) is 0.195. The van der Waals surface area contributed by atoms with E-state index in [0.717, 1.165) is 10.8 Å². The Labute approximate surface area is 92.3 Å². The van der Waals surface area contributed by atoms with Crippen LogP contribution in [0.5, 0.6) is 0 Å². The predicted molar refractivity (Wildman–Crippen MR) is 59.3 cm³/mol. The molecule has 1 rings (SSSR count). The minimum Gasteiger partial charge on any atom is -0.409 e. The zero-order chi connectivity index (χ0) is 11.1. The van der Waals surface area contributed by atoms with Crippen LogP contribution in [0.3, 0.4) is 0 Å². The first-order valence-electron chi connectivity index (χ1n) is 4.34. The number of oxime groups is 1. The van der Waals surface area contributed by atoms with E-state index in [2.05, 4.69) is 10.1 Å². The number of aromatic nitrogens is 1. The molecule has 0 amide bonds. The highest BCUT2D eigenvalue weighted by Gasteiger charge is 2.02. The van der Waals surface area contributed by atoms with Gasteiger partial charge in [0.25, 0.3) is 0 Å². The molecule has 0 aliphatic heterocycles. The fourth-order valence-corrected chi connectivity index (χ4v) is 1.72. The summed E-state index contributed by atoms with van der Waals surface area (Å²) >= 11 is 1.56. The molecular weight excluding hydrogens is 214 g/mol. The van der Waals surface area contributed by atoms with Crippen molar-refractivity contribution in [3.63, 3.8) is 0 Å². The Bertz CT molecular complexity index is 344. The van der Waals surface area contributed by atoms with E-state index < -0.39 is 0 Å². The number of pyridine rings is 1. The molecule has 0 aliphatic rings. The topological polar surface area (TPSA) is 80.7 Å². The van der Waals surface area contributed by atoms with Crippen LogP contribution in [-0.2, 0) is 4.74 Å². The lowest BCUT2D eigenvalue weighted by Gasteiger charge is -2.02. The van der Waals surface area contributed by atoms with Crippen LogP contribution < -0.4 is 5.73 Å². The molecule has 5 nitrogen and oxygen atoms in total. The lowest BCUT2D eigenvalue weighted by Crippen LogP contribution is -2.15. The third-order valence-corrected chi connectivity index (χ3v) is 2.53. The maximum atomic E-state index is 8.49. The average Bonchev–Trinajstić information content (AvgIpc) is 2.29. The molecule has 0 aromatic carbocycles. The number of amidine groups is 1. The maximum Gasteiger partial charge on any atom is 0.188 e. The summed E-state index contributed by atoms with van der Waals surface area (Å²) in [6, 6.07) is 5.37. The van der Waals surface area contributed by atoms with Gasteiger partial charge in [-0.3, -0.25) is 0 Å². The summed E-state index contributed by atoms with van der Waals surface area (Å²) in [7, 11) is 1.65. The van der Waals surface area contributed by atoms with E-state index in [1.54, 1.807) is 24.9 Å². The first-order chi connectivity index (χ1) is 7.27. The summed E-state index contributed by atoms with van der Waals surface area (Å²) in [6.07, 6.45) is 0. The van der Waals surface area contributed by atoms with Crippen molar-refractivity contribution in [3.8, 4) is 0 Å². The van der Waals surface area contributed by atoms with E-state index in [1.807, 2.05) is 12.1 Å². The molecule has 0 fully saturated rings. The van der Waals surface area contributed by atoms with Crippen LogP contribution >= 0.6 is 11.8 Å². The molecule has 0 unspecified atom stereocenters. The number of nitrogens with two attached hydrogens (primary N) is 1. The molecule has 0 bridgehead atoms. The van der Waals surface area contributed by atoms with Crippen LogP contribution in [0.25, 0.3) is 0 Å². The van der Waals surface area contributed by atoms with Gasteiger partial charge in [0, 0.05) is 12.9 Å². The minimum atomic E-state index is 0.0178. The van der Waals surface area contributed by atoms with Crippen molar-refractivity contribution < 1.29 is 9.94 Å². The summed E-state index contributed by atoms with van der Waals surface area (Å²) in [5.41, 5.74) is 5.89. The fraction of sp³-hybridized carbons (Fsp3) is 0.333. The summed E-state index contributed by atoms with van der Waals surface area (Å²) in [4.78, 5) is 4.21. The van der Waals surface area contributed by atoms with Crippen molar-refractivity contribution in [1.29, 1.82) is 0 Å². The normalized spacial score (nSPS) is 11.7. The van der Waals surface area contributed by atoms with Crippen molar-refractivity contribution in [2.45, 2.75) is 5.03 Å². The molecule has 15 heavy (non-hydrogen) atoms. The molecule has 82 valence electrons. The Morgan fingerprint density at radius 1 is 1.67 bits per heavy atom. The summed E-state index contributed by atoms with van der Waals surface area (Å²) in [5, 5.41) is 12.2. The molecule has 0 aliphatic carbocycles. The summed E-state index contributed by atoms with van der Waals surface area (Å²) in [6.45, 7) is 0.667. The Balaban J connectivity index is 2.66. The number of nitrogens with zero attached hydrogens (tertiary/aromatic N) is 2. The number of thioether (sulfide) groups is 1. The largest absolute Gasteiger partial charge is 0.409 e. The molecule has 3 N–H and O–H groups in total. The van der Waals surface area contributed by atoms with Gasteiger partial charge in [0.15, 0.2) is 5.84 Å². The number of hydrogen-bond acceptors (Lipinski definition) is 5. The Morgan fingerprint density at radius 2 is 2.47 bits per heavy atom. The first-order valence-corrected chi connectivity index (χ1v) is 5.33. The minimum absolute atomic E-state index is 0.0178. The van der Waals surface area contributed by atoms with Crippen molar-refractivity contribution in [2.75, 3.05) is 19.5 Å². The second-order valence-electron chi connectivity index (χ2n) is 2.69. The van der Waals surface area contributed by atoms with E-state index in [1.165, 1.54) is 0 Å². The van der Waals surface area contributed by atoms with Crippen LogP contribution in [0.4, 0.5) is 0 Å². The first kappa shape index (κ1) is 11.8. The molecule has 0 saturated heterocycles. The maximum absolute atomic E-state index is 8.49. The van der Waals surface area contributed by atoms with E-state index in [0.29, 0.717) is 12.3 Å². The van der Waals surface area contributed by atoms with Gasteiger partial charge in [-0.25, -0.2) is 4.98 Å². The molecule has 0 spiro atoms. The lowest BCUT2D eigenvalue weighted by atomic mass is 10.3. The summed E-state index contributed by atoms with van der Waals surface area (Å²) in [5.74, 6) is 0.840. The molecule has 0 radical (unpaired) electrons. The highest BCUT2D eigenvalue weighted by atomic mass is 32.2. The van der Waals surface area contributed by atoms with Gasteiger partial charge in [-0.05, 0) is 12.1 Å². The summed E-state index contributed by atoms with van der Waals surface area (Å²) < 4.78 is 4.93. The van der Waals surface area contributed by atoms with E-state index in [-0.39, 0.29) is 5.84 Å². The van der Waals surface area contributed by atoms with Gasteiger partial charge in [-0.2, -0.15) is 0 Å². The second kappa shape index (κ2) is 6.26. The zero-order valence-electron chi connectivity index (χ0n) is 8.38. The van der Waals surface area contributed by atoms with Crippen LogP contribution in [0, 0.1) is 0 Å². The zero-order valence-corrected chi connectivity index (χ0v) is 9.20. The monoisotopic (exact) mass is 227 g/mol. The Hall–Kier alpha value is -1.27. The number of methoxy groups -OCH3 is 1. The highest BCUT2D eigenvalue weighted by Crippen LogP contribution is 2.14. The Morgan fingerprint density at radius 3 is 3.13 bits per heavy atom. The highest BCUT2D eigenvalue weighted by molar-refractivity contribution is 7.99. The van der Waals surface area contributed by atoms with Crippen LogP contribution in [-0.4, -0.2) is 35.5 Å². The third-order valence-electron chi connectivity index (χ3n) is 1.63.